The van der Waals surface area contributed by atoms with Gasteiger partial charge in [0.15, 0.2) is 0 Å². The SMILES string of the molecule is Cn1cccc1CN1C[C@H]2CN(Cc3cccs3)C[C@H]2C1. The van der Waals surface area contributed by atoms with Gasteiger partial charge in [0.05, 0.1) is 0 Å². The molecule has 0 radical (unpaired) electrons. The minimum absolute atomic E-state index is 0.880. The molecule has 3 nitrogen and oxygen atoms in total. The molecule has 2 saturated heterocycles. The summed E-state index contributed by atoms with van der Waals surface area (Å²) in [6.45, 7) is 7.38. The fourth-order valence-corrected chi connectivity index (χ4v) is 4.70. The minimum Gasteiger partial charge on any atom is -0.353 e. The Kier molecular flexibility index (Phi) is 3.61. The Morgan fingerprint density at radius 3 is 2.29 bits per heavy atom. The van der Waals surface area contributed by atoms with Gasteiger partial charge in [-0.1, -0.05) is 6.07 Å². The third-order valence-corrected chi connectivity index (χ3v) is 5.90. The number of likely N-dealkylation sites (tertiary alicyclic amines) is 2. The first-order chi connectivity index (χ1) is 10.3. The van der Waals surface area contributed by atoms with E-state index in [4.69, 9.17) is 0 Å². The molecule has 4 heterocycles. The molecular weight excluding hydrogens is 278 g/mol. The zero-order valence-corrected chi connectivity index (χ0v) is 13.4. The number of hydrogen-bond acceptors (Lipinski definition) is 3. The summed E-state index contributed by atoms with van der Waals surface area (Å²) < 4.78 is 2.25. The predicted molar refractivity (Wildman–Crippen MR) is 87.3 cm³/mol. The summed E-state index contributed by atoms with van der Waals surface area (Å²) in [5.74, 6) is 1.76. The molecule has 4 rings (SSSR count). The summed E-state index contributed by atoms with van der Waals surface area (Å²) >= 11 is 1.89. The molecule has 0 spiro atoms. The number of nitrogens with zero attached hydrogens (tertiary/aromatic N) is 3. The lowest BCUT2D eigenvalue weighted by atomic mass is 10.0. The molecule has 0 aliphatic carbocycles. The van der Waals surface area contributed by atoms with Gasteiger partial charge in [-0.3, -0.25) is 9.80 Å². The van der Waals surface area contributed by atoms with Crippen molar-refractivity contribution in [2.45, 2.75) is 13.1 Å². The number of aryl methyl sites for hydroxylation is 1. The average Bonchev–Trinajstić information content (AvgIpc) is 3.18. The first-order valence-corrected chi connectivity index (χ1v) is 8.73. The van der Waals surface area contributed by atoms with E-state index in [9.17, 15) is 0 Å². The highest BCUT2D eigenvalue weighted by Crippen LogP contribution is 2.33. The molecule has 2 aliphatic rings. The Morgan fingerprint density at radius 1 is 1.00 bits per heavy atom. The van der Waals surface area contributed by atoms with Crippen LogP contribution in [0.4, 0.5) is 0 Å². The largest absolute Gasteiger partial charge is 0.353 e. The Balaban J connectivity index is 1.32. The van der Waals surface area contributed by atoms with Crippen molar-refractivity contribution in [3.05, 3.63) is 46.4 Å². The molecule has 21 heavy (non-hydrogen) atoms. The Morgan fingerprint density at radius 2 is 1.71 bits per heavy atom. The van der Waals surface area contributed by atoms with E-state index in [2.05, 4.69) is 57.3 Å². The van der Waals surface area contributed by atoms with Crippen molar-refractivity contribution in [2.75, 3.05) is 26.2 Å². The van der Waals surface area contributed by atoms with Crippen molar-refractivity contribution in [1.29, 1.82) is 0 Å². The number of hydrogen-bond donors (Lipinski definition) is 0. The quantitative estimate of drug-likeness (QED) is 0.860. The van der Waals surface area contributed by atoms with Gasteiger partial charge in [0.25, 0.3) is 0 Å². The van der Waals surface area contributed by atoms with E-state index in [-0.39, 0.29) is 0 Å². The monoisotopic (exact) mass is 301 g/mol. The zero-order chi connectivity index (χ0) is 14.2. The van der Waals surface area contributed by atoms with Gasteiger partial charge in [0, 0.05) is 63.1 Å². The molecule has 2 fully saturated rings. The number of fused-ring (bicyclic) bond motifs is 1. The van der Waals surface area contributed by atoms with E-state index >= 15 is 0 Å². The van der Waals surface area contributed by atoms with Gasteiger partial charge >= 0.3 is 0 Å². The van der Waals surface area contributed by atoms with Gasteiger partial charge in [-0.2, -0.15) is 0 Å². The highest BCUT2D eigenvalue weighted by molar-refractivity contribution is 7.09. The summed E-state index contributed by atoms with van der Waals surface area (Å²) in [5.41, 5.74) is 1.44. The summed E-state index contributed by atoms with van der Waals surface area (Å²) in [6, 6.07) is 8.82. The van der Waals surface area contributed by atoms with Gasteiger partial charge in [-0.25, -0.2) is 0 Å². The first-order valence-electron chi connectivity index (χ1n) is 7.85. The summed E-state index contributed by atoms with van der Waals surface area (Å²) in [5, 5.41) is 2.19. The smallest absolute Gasteiger partial charge is 0.0387 e. The third-order valence-electron chi connectivity index (χ3n) is 5.03. The molecule has 2 aromatic rings. The molecule has 4 heteroatoms. The van der Waals surface area contributed by atoms with Crippen molar-refractivity contribution >= 4 is 11.3 Å². The first kappa shape index (κ1) is 13.6. The molecule has 0 unspecified atom stereocenters. The fourth-order valence-electron chi connectivity index (χ4n) is 3.96. The van der Waals surface area contributed by atoms with Crippen LogP contribution in [-0.2, 0) is 20.1 Å². The van der Waals surface area contributed by atoms with E-state index in [0.29, 0.717) is 0 Å². The van der Waals surface area contributed by atoms with Crippen LogP contribution in [0.5, 0.6) is 0 Å². The van der Waals surface area contributed by atoms with Crippen LogP contribution in [0, 0.1) is 11.8 Å². The van der Waals surface area contributed by atoms with E-state index < -0.39 is 0 Å². The molecule has 2 aromatic heterocycles. The maximum absolute atomic E-state index is 2.65. The summed E-state index contributed by atoms with van der Waals surface area (Å²) in [7, 11) is 2.15. The van der Waals surface area contributed by atoms with E-state index in [1.807, 2.05) is 11.3 Å². The molecule has 0 N–H and O–H groups in total. The van der Waals surface area contributed by atoms with Crippen molar-refractivity contribution in [3.63, 3.8) is 0 Å². The minimum atomic E-state index is 0.880. The van der Waals surface area contributed by atoms with Crippen LogP contribution in [0.2, 0.25) is 0 Å². The topological polar surface area (TPSA) is 11.4 Å². The van der Waals surface area contributed by atoms with Gasteiger partial charge in [-0.05, 0) is 35.4 Å². The van der Waals surface area contributed by atoms with Crippen LogP contribution in [0.1, 0.15) is 10.6 Å². The van der Waals surface area contributed by atoms with E-state index in [1.165, 1.54) is 36.8 Å². The standard InChI is InChI=1S/C17H23N3S/c1-18-6-2-4-16(18)12-19-8-14-10-20(11-15(14)9-19)13-17-5-3-7-21-17/h2-7,14-15H,8-13H2,1H3/t14-,15+. The lowest BCUT2D eigenvalue weighted by Crippen LogP contribution is -2.28. The number of rotatable bonds is 4. The fraction of sp³-hybridized carbons (Fsp3) is 0.529. The van der Waals surface area contributed by atoms with Gasteiger partial charge in [-0.15, -0.1) is 11.3 Å². The molecule has 0 aromatic carbocycles. The molecule has 0 amide bonds. The lowest BCUT2D eigenvalue weighted by molar-refractivity contribution is 0.244. The Labute approximate surface area is 130 Å². The molecule has 0 bridgehead atoms. The number of aromatic nitrogens is 1. The number of thiophene rings is 1. The maximum atomic E-state index is 2.65. The normalized spacial score (nSPS) is 26.5. The molecular formula is C17H23N3S. The van der Waals surface area contributed by atoms with Crippen LogP contribution >= 0.6 is 11.3 Å². The summed E-state index contributed by atoms with van der Waals surface area (Å²) in [4.78, 5) is 6.81. The predicted octanol–water partition coefficient (Wildman–Crippen LogP) is 2.65. The second-order valence-electron chi connectivity index (χ2n) is 6.60. The van der Waals surface area contributed by atoms with Gasteiger partial charge < -0.3 is 4.57 Å². The molecule has 0 saturated carbocycles. The Bertz CT molecular complexity index is 575. The third kappa shape index (κ3) is 2.80. The van der Waals surface area contributed by atoms with Gasteiger partial charge in [0.1, 0.15) is 0 Å². The lowest BCUT2D eigenvalue weighted by Gasteiger charge is -2.21. The summed E-state index contributed by atoms with van der Waals surface area (Å²) in [6.07, 6.45) is 2.15. The van der Waals surface area contributed by atoms with Crippen LogP contribution in [0.3, 0.4) is 0 Å². The second-order valence-corrected chi connectivity index (χ2v) is 7.63. The van der Waals surface area contributed by atoms with Crippen LogP contribution in [-0.4, -0.2) is 40.5 Å². The molecule has 112 valence electrons. The maximum Gasteiger partial charge on any atom is 0.0387 e. The van der Waals surface area contributed by atoms with Crippen molar-refractivity contribution in [1.82, 2.24) is 14.4 Å². The van der Waals surface area contributed by atoms with Crippen molar-refractivity contribution in [3.8, 4) is 0 Å². The van der Waals surface area contributed by atoms with E-state index in [0.717, 1.165) is 24.9 Å². The van der Waals surface area contributed by atoms with Crippen molar-refractivity contribution < 1.29 is 0 Å². The van der Waals surface area contributed by atoms with Crippen molar-refractivity contribution in [2.24, 2.45) is 18.9 Å². The van der Waals surface area contributed by atoms with E-state index in [1.54, 1.807) is 0 Å². The van der Waals surface area contributed by atoms with Gasteiger partial charge in [0.2, 0.25) is 0 Å². The van der Waals surface area contributed by atoms with Crippen LogP contribution in [0.15, 0.2) is 35.8 Å². The zero-order valence-electron chi connectivity index (χ0n) is 12.6. The second kappa shape index (κ2) is 5.59. The highest BCUT2D eigenvalue weighted by atomic mass is 32.1. The average molecular weight is 301 g/mol. The van der Waals surface area contributed by atoms with Crippen LogP contribution in [0.25, 0.3) is 0 Å². The Hall–Kier alpha value is -1.10. The van der Waals surface area contributed by atoms with Crippen LogP contribution < -0.4 is 0 Å². The molecule has 2 atom stereocenters. The molecule has 2 aliphatic heterocycles. The highest BCUT2D eigenvalue weighted by Gasteiger charge is 2.39.